The van der Waals surface area contributed by atoms with Crippen LogP contribution in [0.4, 0.5) is 11.4 Å². The van der Waals surface area contributed by atoms with Gasteiger partial charge in [0.15, 0.2) is 0 Å². The zero-order valence-electron chi connectivity index (χ0n) is 16.8. The third-order valence-corrected chi connectivity index (χ3v) is 5.81. The van der Waals surface area contributed by atoms with E-state index in [1.54, 1.807) is 24.2 Å². The lowest BCUT2D eigenvalue weighted by Gasteiger charge is -2.27. The molecule has 1 aromatic carbocycles. The molecule has 1 N–H and O–H groups in total. The second kappa shape index (κ2) is 9.62. The number of rotatable bonds is 7. The Morgan fingerprint density at radius 1 is 1.13 bits per heavy atom. The number of benzene rings is 1. The van der Waals surface area contributed by atoms with Crippen molar-refractivity contribution in [2.24, 2.45) is 0 Å². The van der Waals surface area contributed by atoms with Crippen molar-refractivity contribution in [1.29, 1.82) is 0 Å². The Labute approximate surface area is 179 Å². The molecule has 0 atom stereocenters. The second-order valence-corrected chi connectivity index (χ2v) is 8.14. The molecule has 9 heteroatoms. The van der Waals surface area contributed by atoms with E-state index in [1.807, 2.05) is 48.4 Å². The maximum atomic E-state index is 12.3. The molecule has 3 aromatic rings. The number of methoxy groups -OCH3 is 1. The summed E-state index contributed by atoms with van der Waals surface area (Å²) in [7, 11) is 1.63. The minimum absolute atomic E-state index is 0.0652. The summed E-state index contributed by atoms with van der Waals surface area (Å²) in [5.41, 5.74) is 2.73. The summed E-state index contributed by atoms with van der Waals surface area (Å²) in [4.78, 5) is 23.4. The van der Waals surface area contributed by atoms with Crippen molar-refractivity contribution in [3.05, 3.63) is 54.6 Å². The van der Waals surface area contributed by atoms with Crippen LogP contribution in [0.5, 0.6) is 5.75 Å². The third-order valence-electron chi connectivity index (χ3n) is 4.87. The number of carbonyl (C=O) groups excluding carboxylic acids is 1. The summed E-state index contributed by atoms with van der Waals surface area (Å²) in [5.74, 6) is 3.47. The summed E-state index contributed by atoms with van der Waals surface area (Å²) in [6.07, 6.45) is 8.02. The fraction of sp³-hybridized carbons (Fsp3) is 0.333. The summed E-state index contributed by atoms with van der Waals surface area (Å²) in [5, 5.41) is 7.14. The number of hydrogen-bond acceptors (Lipinski definition) is 7. The van der Waals surface area contributed by atoms with Crippen molar-refractivity contribution in [3.63, 3.8) is 0 Å². The van der Waals surface area contributed by atoms with Crippen molar-refractivity contribution in [2.75, 3.05) is 41.9 Å². The van der Waals surface area contributed by atoms with Gasteiger partial charge in [0.1, 0.15) is 5.75 Å². The molecule has 0 spiro atoms. The van der Waals surface area contributed by atoms with Crippen molar-refractivity contribution in [1.82, 2.24) is 19.7 Å². The first kappa shape index (κ1) is 20.2. The van der Waals surface area contributed by atoms with Gasteiger partial charge in [-0.2, -0.15) is 16.9 Å². The van der Waals surface area contributed by atoms with Crippen LogP contribution in [-0.2, 0) is 11.2 Å². The Kier molecular flexibility index (Phi) is 6.48. The van der Waals surface area contributed by atoms with E-state index in [1.165, 1.54) is 0 Å². The maximum absolute atomic E-state index is 12.3. The van der Waals surface area contributed by atoms with Gasteiger partial charge in [0, 0.05) is 31.0 Å². The zero-order chi connectivity index (χ0) is 20.8. The third kappa shape index (κ3) is 5.10. The number of aryl methyl sites for hydroxylation is 1. The highest BCUT2D eigenvalue weighted by atomic mass is 32.2. The number of hydrogen-bond donors (Lipinski definition) is 1. The van der Waals surface area contributed by atoms with Crippen molar-refractivity contribution in [3.8, 4) is 11.7 Å². The number of thioether (sulfide) groups is 1. The van der Waals surface area contributed by atoms with E-state index < -0.39 is 0 Å². The maximum Gasteiger partial charge on any atom is 0.250 e. The van der Waals surface area contributed by atoms with Gasteiger partial charge in [0.2, 0.25) is 5.91 Å². The Hall–Kier alpha value is -3.07. The lowest BCUT2D eigenvalue weighted by atomic mass is 10.1. The fourth-order valence-electron chi connectivity index (χ4n) is 3.19. The summed E-state index contributed by atoms with van der Waals surface area (Å²) < 4.78 is 6.71. The van der Waals surface area contributed by atoms with Gasteiger partial charge in [0.05, 0.1) is 43.3 Å². The monoisotopic (exact) mass is 424 g/mol. The van der Waals surface area contributed by atoms with Gasteiger partial charge in [-0.1, -0.05) is 12.1 Å². The molecule has 0 bridgehead atoms. The Morgan fingerprint density at radius 3 is 2.57 bits per heavy atom. The average molecular weight is 425 g/mol. The van der Waals surface area contributed by atoms with E-state index in [4.69, 9.17) is 4.74 Å². The average Bonchev–Trinajstić information content (AvgIpc) is 3.27. The van der Waals surface area contributed by atoms with Gasteiger partial charge in [0.25, 0.3) is 5.95 Å². The molecule has 1 amide bonds. The van der Waals surface area contributed by atoms with Crippen LogP contribution >= 0.6 is 11.8 Å². The van der Waals surface area contributed by atoms with Crippen LogP contribution in [0.25, 0.3) is 5.95 Å². The Balaban J connectivity index is 1.31. The number of anilines is 2. The first-order valence-electron chi connectivity index (χ1n) is 9.84. The van der Waals surface area contributed by atoms with Crippen LogP contribution in [0.1, 0.15) is 12.0 Å². The number of nitrogens with one attached hydrogen (secondary N) is 1. The topological polar surface area (TPSA) is 85.2 Å². The van der Waals surface area contributed by atoms with E-state index in [9.17, 15) is 4.79 Å². The van der Waals surface area contributed by atoms with Crippen molar-refractivity contribution >= 4 is 29.0 Å². The number of carbonyl (C=O) groups is 1. The van der Waals surface area contributed by atoms with Gasteiger partial charge in [-0.15, -0.1) is 0 Å². The highest BCUT2D eigenvalue weighted by Crippen LogP contribution is 2.18. The quantitative estimate of drug-likeness (QED) is 0.624. The molecule has 3 heterocycles. The van der Waals surface area contributed by atoms with Crippen LogP contribution in [0, 0.1) is 0 Å². The molecule has 0 unspecified atom stereocenters. The molecule has 1 aliphatic heterocycles. The van der Waals surface area contributed by atoms with E-state index >= 15 is 0 Å². The molecule has 30 heavy (non-hydrogen) atoms. The highest BCUT2D eigenvalue weighted by molar-refractivity contribution is 7.99. The van der Waals surface area contributed by atoms with E-state index in [0.29, 0.717) is 24.5 Å². The fourth-order valence-corrected chi connectivity index (χ4v) is 4.09. The Morgan fingerprint density at radius 2 is 1.87 bits per heavy atom. The number of ether oxygens (including phenoxy) is 1. The van der Waals surface area contributed by atoms with Gasteiger partial charge >= 0.3 is 0 Å². The predicted molar refractivity (Wildman–Crippen MR) is 119 cm³/mol. The highest BCUT2D eigenvalue weighted by Gasteiger charge is 2.13. The molecule has 0 saturated carbocycles. The molecule has 156 valence electrons. The molecule has 1 saturated heterocycles. The van der Waals surface area contributed by atoms with Crippen molar-refractivity contribution in [2.45, 2.75) is 12.8 Å². The summed E-state index contributed by atoms with van der Waals surface area (Å²) in [6.45, 7) is 2.03. The Bertz CT molecular complexity index is 968. The lowest BCUT2D eigenvalue weighted by Crippen LogP contribution is -2.32. The van der Waals surface area contributed by atoms with E-state index in [0.717, 1.165) is 41.6 Å². The van der Waals surface area contributed by atoms with Crippen LogP contribution in [0.2, 0.25) is 0 Å². The standard InChI is InChI=1S/C21H24N6O2S/c1-29-19-5-2-16(3-6-19)4-7-20(28)25-17-12-24-27(15-17)21-22-13-18(14-23-21)26-8-10-30-11-9-26/h2-3,5-6,12-15H,4,7-11H2,1H3,(H,25,28). The molecular weight excluding hydrogens is 400 g/mol. The number of aromatic nitrogens is 4. The van der Waals surface area contributed by atoms with Crippen LogP contribution in [-0.4, -0.2) is 57.4 Å². The predicted octanol–water partition coefficient (Wildman–Crippen LogP) is 2.80. The first-order valence-corrected chi connectivity index (χ1v) is 11.0. The number of nitrogens with zero attached hydrogens (tertiary/aromatic N) is 5. The normalized spacial score (nSPS) is 13.8. The SMILES string of the molecule is COc1ccc(CCC(=O)Nc2cnn(-c3ncc(N4CCSCC4)cn3)c2)cc1. The van der Waals surface area contributed by atoms with Crippen LogP contribution in [0.3, 0.4) is 0 Å². The molecule has 0 radical (unpaired) electrons. The smallest absolute Gasteiger partial charge is 0.250 e. The molecule has 1 fully saturated rings. The lowest BCUT2D eigenvalue weighted by molar-refractivity contribution is -0.116. The molecule has 0 aliphatic carbocycles. The largest absolute Gasteiger partial charge is 0.497 e. The number of amides is 1. The molecular formula is C21H24N6O2S. The zero-order valence-corrected chi connectivity index (χ0v) is 17.6. The molecule has 4 rings (SSSR count). The van der Waals surface area contributed by atoms with E-state index in [-0.39, 0.29) is 5.91 Å². The van der Waals surface area contributed by atoms with Gasteiger partial charge in [-0.05, 0) is 24.1 Å². The minimum Gasteiger partial charge on any atom is -0.497 e. The molecule has 2 aromatic heterocycles. The van der Waals surface area contributed by atoms with Crippen LogP contribution < -0.4 is 15.0 Å². The first-order chi connectivity index (χ1) is 14.7. The minimum atomic E-state index is -0.0652. The summed E-state index contributed by atoms with van der Waals surface area (Å²) >= 11 is 1.97. The van der Waals surface area contributed by atoms with Gasteiger partial charge in [-0.25, -0.2) is 14.6 Å². The molecule has 1 aliphatic rings. The van der Waals surface area contributed by atoms with Crippen molar-refractivity contribution < 1.29 is 9.53 Å². The summed E-state index contributed by atoms with van der Waals surface area (Å²) in [6, 6.07) is 7.72. The second-order valence-electron chi connectivity index (χ2n) is 6.91. The van der Waals surface area contributed by atoms with Crippen LogP contribution in [0.15, 0.2) is 49.1 Å². The van der Waals surface area contributed by atoms with Gasteiger partial charge < -0.3 is 15.0 Å². The van der Waals surface area contributed by atoms with E-state index in [2.05, 4.69) is 25.3 Å². The van der Waals surface area contributed by atoms with Gasteiger partial charge in [-0.3, -0.25) is 4.79 Å². The molecule has 8 nitrogen and oxygen atoms in total.